The molecule has 0 unspecified atom stereocenters. The number of aliphatic hydroxyl groups excluding tert-OH is 1. The van der Waals surface area contributed by atoms with E-state index >= 15 is 0 Å². The summed E-state index contributed by atoms with van der Waals surface area (Å²) < 4.78 is 15.3. The average Bonchev–Trinajstić information content (AvgIpc) is 3.49. The van der Waals surface area contributed by atoms with Gasteiger partial charge >= 0.3 is 6.03 Å². The molecule has 240 valence electrons. The van der Waals surface area contributed by atoms with Crippen LogP contribution in [-0.2, 0) is 22.6 Å². The van der Waals surface area contributed by atoms with Crippen LogP contribution in [0, 0.1) is 17.8 Å². The summed E-state index contributed by atoms with van der Waals surface area (Å²) >= 11 is 3.45. The monoisotopic (exact) mass is 655 g/mol. The maximum Gasteiger partial charge on any atom is 0.315 e. The van der Waals surface area contributed by atoms with E-state index in [-0.39, 0.29) is 30.4 Å². The number of carbonyl (C=O) groups is 1. The van der Waals surface area contributed by atoms with Crippen molar-refractivity contribution in [2.45, 2.75) is 86.5 Å². The first-order valence-corrected chi connectivity index (χ1v) is 18.4. The van der Waals surface area contributed by atoms with E-state index in [1.165, 1.54) is 24.0 Å². The fourth-order valence-electron chi connectivity index (χ4n) is 8.62. The molecule has 0 radical (unpaired) electrons. The van der Waals surface area contributed by atoms with E-state index in [1.54, 1.807) is 23.1 Å². The van der Waals surface area contributed by atoms with E-state index in [4.69, 9.17) is 14.5 Å². The highest BCUT2D eigenvalue weighted by Gasteiger charge is 2.51. The van der Waals surface area contributed by atoms with E-state index < -0.39 is 6.29 Å². The summed E-state index contributed by atoms with van der Waals surface area (Å²) in [5.41, 5.74) is 4.99. The normalized spacial score (nSPS) is 30.0. The zero-order valence-corrected chi connectivity index (χ0v) is 27.5. The molecule has 0 spiro atoms. The molecule has 4 bridgehead atoms. The number of fused-ring (bicyclic) bond motifs is 1. The van der Waals surface area contributed by atoms with Crippen LogP contribution in [0.3, 0.4) is 0 Å². The van der Waals surface area contributed by atoms with Crippen molar-refractivity contribution < 1.29 is 19.4 Å². The summed E-state index contributed by atoms with van der Waals surface area (Å²) in [6.07, 6.45) is 7.58. The number of hydrogen-bond donors (Lipinski definition) is 3. The summed E-state index contributed by atoms with van der Waals surface area (Å²) in [4.78, 5) is 17.8. The lowest BCUT2D eigenvalue weighted by atomic mass is 9.53. The van der Waals surface area contributed by atoms with Gasteiger partial charge in [0.2, 0.25) is 0 Å². The molecule has 3 atom stereocenters. The van der Waals surface area contributed by atoms with Crippen molar-refractivity contribution in [3.05, 3.63) is 95.1 Å². The third-order valence-electron chi connectivity index (χ3n) is 10.4. The molecule has 46 heavy (non-hydrogen) atoms. The first-order chi connectivity index (χ1) is 22.5. The van der Waals surface area contributed by atoms with Crippen LogP contribution in [-0.4, -0.2) is 33.5 Å². The van der Waals surface area contributed by atoms with E-state index in [0.717, 1.165) is 81.3 Å². The molecule has 3 aromatic carbocycles. The van der Waals surface area contributed by atoms with Crippen molar-refractivity contribution in [1.82, 2.24) is 15.6 Å². The van der Waals surface area contributed by atoms with Gasteiger partial charge in [0.15, 0.2) is 10.6 Å². The molecule has 2 amide bonds. The number of para-hydroxylation sites is 1. The molecule has 1 aliphatic heterocycles. The van der Waals surface area contributed by atoms with Gasteiger partial charge in [0.05, 0.1) is 29.0 Å². The number of benzene rings is 3. The summed E-state index contributed by atoms with van der Waals surface area (Å²) in [6, 6.07) is 24.4. The Kier molecular flexibility index (Phi) is 8.54. The molecular formula is C37H41N3O4S2. The van der Waals surface area contributed by atoms with Gasteiger partial charge in [0.1, 0.15) is 0 Å². The number of rotatable bonds is 9. The fraction of sp³-hybridized carbons (Fsp3) is 0.459. The lowest BCUT2D eigenvalue weighted by Crippen LogP contribution is -2.61. The van der Waals surface area contributed by atoms with E-state index in [2.05, 4.69) is 34.9 Å². The Labute approximate surface area is 278 Å². The highest BCUT2D eigenvalue weighted by molar-refractivity contribution is 8.01. The molecule has 9 heteroatoms. The van der Waals surface area contributed by atoms with E-state index in [1.807, 2.05) is 48.5 Å². The molecule has 5 fully saturated rings. The Morgan fingerprint density at radius 1 is 0.870 bits per heavy atom. The van der Waals surface area contributed by atoms with Gasteiger partial charge in [-0.25, -0.2) is 9.78 Å². The Hall–Kier alpha value is -2.95. The number of amides is 2. The van der Waals surface area contributed by atoms with Crippen LogP contribution in [0.15, 0.2) is 77.1 Å². The number of nitrogens with zero attached hydrogens (tertiary/aromatic N) is 1. The number of ether oxygens (including phenoxy) is 2. The standard InChI is InChI=1S/C37H41N3O4S2/c41-21-24-7-9-28(10-8-24)32-16-30(22-45-36-39-31-3-1-2-4-33(31)46-36)43-34(44-32)29-11-5-23(6-12-29)20-38-35(42)40-37-17-25-13-26(18-37)15-27(14-25)19-37/h1-12,25-27,30,32,34,41H,13-22H2,(H2,38,40,42)/t25?,26?,27?,30-,32+,34+,37?/m0/s1. The van der Waals surface area contributed by atoms with Gasteiger partial charge in [0.25, 0.3) is 0 Å². The first kappa shape index (κ1) is 30.4. The van der Waals surface area contributed by atoms with Crippen molar-refractivity contribution in [2.24, 2.45) is 17.8 Å². The van der Waals surface area contributed by atoms with Crippen molar-refractivity contribution in [3.63, 3.8) is 0 Å². The van der Waals surface area contributed by atoms with Gasteiger partial charge in [-0.05, 0) is 85.1 Å². The molecule has 4 aromatic rings. The number of aliphatic hydroxyl groups is 1. The minimum Gasteiger partial charge on any atom is -0.392 e. The maximum absolute atomic E-state index is 13.0. The molecule has 4 saturated carbocycles. The first-order valence-electron chi connectivity index (χ1n) is 16.6. The zero-order valence-electron chi connectivity index (χ0n) is 25.9. The summed E-state index contributed by atoms with van der Waals surface area (Å²) in [7, 11) is 0. The predicted molar refractivity (Wildman–Crippen MR) is 181 cm³/mol. The van der Waals surface area contributed by atoms with Gasteiger partial charge in [-0.3, -0.25) is 0 Å². The van der Waals surface area contributed by atoms with Crippen LogP contribution in [0.1, 0.15) is 79.6 Å². The highest BCUT2D eigenvalue weighted by Crippen LogP contribution is 2.55. The second kappa shape index (κ2) is 12.9. The Morgan fingerprint density at radius 3 is 2.24 bits per heavy atom. The number of thiazole rings is 1. The minimum absolute atomic E-state index is 0.00909. The van der Waals surface area contributed by atoms with Gasteiger partial charge in [-0.15, -0.1) is 11.3 Å². The molecule has 2 heterocycles. The number of carbonyl (C=O) groups excluding carboxylic acids is 1. The van der Waals surface area contributed by atoms with Crippen molar-refractivity contribution in [2.75, 3.05) is 5.75 Å². The largest absolute Gasteiger partial charge is 0.392 e. The maximum atomic E-state index is 13.0. The SMILES string of the molecule is O=C(NCc1ccc([C@@H]2O[C@H](CSc3nc4ccccc4s3)C[C@H](c3ccc(CO)cc3)O2)cc1)NC12CC3CC(CC(C3)C1)C2. The summed E-state index contributed by atoms with van der Waals surface area (Å²) in [6.45, 7) is 0.496. The van der Waals surface area contributed by atoms with Crippen molar-refractivity contribution in [3.8, 4) is 0 Å². The van der Waals surface area contributed by atoms with Crippen molar-refractivity contribution in [1.29, 1.82) is 0 Å². The predicted octanol–water partition coefficient (Wildman–Crippen LogP) is 7.89. The number of hydrogen-bond acceptors (Lipinski definition) is 7. The second-order valence-corrected chi connectivity index (χ2v) is 16.2. The number of thioether (sulfide) groups is 1. The topological polar surface area (TPSA) is 92.7 Å². The van der Waals surface area contributed by atoms with Gasteiger partial charge in [-0.2, -0.15) is 0 Å². The lowest BCUT2D eigenvalue weighted by Gasteiger charge is -2.56. The average molecular weight is 656 g/mol. The van der Waals surface area contributed by atoms with Crippen LogP contribution in [0.2, 0.25) is 0 Å². The van der Waals surface area contributed by atoms with Crippen molar-refractivity contribution >= 4 is 39.3 Å². The van der Waals surface area contributed by atoms with Gasteiger partial charge in [0, 0.05) is 29.8 Å². The molecule has 1 saturated heterocycles. The number of aromatic nitrogens is 1. The zero-order chi connectivity index (χ0) is 31.1. The molecule has 4 aliphatic carbocycles. The van der Waals surface area contributed by atoms with Crippen LogP contribution < -0.4 is 10.6 Å². The summed E-state index contributed by atoms with van der Waals surface area (Å²) in [5, 5.41) is 16.1. The lowest BCUT2D eigenvalue weighted by molar-refractivity contribution is -0.245. The van der Waals surface area contributed by atoms with E-state index in [0.29, 0.717) is 6.54 Å². The Bertz CT molecular complexity index is 1610. The van der Waals surface area contributed by atoms with Crippen LogP contribution >= 0.6 is 23.1 Å². The molecule has 7 nitrogen and oxygen atoms in total. The summed E-state index contributed by atoms with van der Waals surface area (Å²) in [5.74, 6) is 3.17. The highest BCUT2D eigenvalue weighted by atomic mass is 32.2. The number of urea groups is 1. The quantitative estimate of drug-likeness (QED) is 0.159. The molecule has 9 rings (SSSR count). The molecule has 1 aromatic heterocycles. The molecule has 5 aliphatic rings. The molecule has 3 N–H and O–H groups in total. The fourth-order valence-corrected chi connectivity index (χ4v) is 10.7. The molecular weight excluding hydrogens is 615 g/mol. The second-order valence-electron chi connectivity index (χ2n) is 13.9. The number of nitrogens with one attached hydrogen (secondary N) is 2. The van der Waals surface area contributed by atoms with E-state index in [9.17, 15) is 9.90 Å². The third kappa shape index (κ3) is 6.58. The smallest absolute Gasteiger partial charge is 0.315 e. The van der Waals surface area contributed by atoms with Gasteiger partial charge < -0.3 is 25.2 Å². The van der Waals surface area contributed by atoms with Crippen LogP contribution in [0.5, 0.6) is 0 Å². The minimum atomic E-state index is -0.515. The van der Waals surface area contributed by atoms with Crippen LogP contribution in [0.4, 0.5) is 4.79 Å². The Balaban J connectivity index is 0.916. The third-order valence-corrected chi connectivity index (χ3v) is 12.7. The van der Waals surface area contributed by atoms with Gasteiger partial charge in [-0.1, -0.05) is 72.4 Å². The van der Waals surface area contributed by atoms with Crippen LogP contribution in [0.25, 0.3) is 10.2 Å². The Morgan fingerprint density at radius 2 is 1.54 bits per heavy atom.